The lowest BCUT2D eigenvalue weighted by molar-refractivity contribution is -0.126. The zero-order valence-corrected chi connectivity index (χ0v) is 14.6. The van der Waals surface area contributed by atoms with E-state index in [-0.39, 0.29) is 17.5 Å². The highest BCUT2D eigenvalue weighted by molar-refractivity contribution is 5.87. The molecule has 0 radical (unpaired) electrons. The Morgan fingerprint density at radius 2 is 1.88 bits per heavy atom. The number of aromatic carboxylic acids is 1. The fourth-order valence-electron chi connectivity index (χ4n) is 3.31. The van der Waals surface area contributed by atoms with Crippen LogP contribution in [0.4, 0.5) is 0 Å². The number of pyridine rings is 1. The van der Waals surface area contributed by atoms with E-state index in [1.54, 1.807) is 36.7 Å². The zero-order valence-electron chi connectivity index (χ0n) is 14.6. The first-order valence-electron chi connectivity index (χ1n) is 8.89. The lowest BCUT2D eigenvalue weighted by atomic mass is 10.1. The van der Waals surface area contributed by atoms with Gasteiger partial charge in [-0.05, 0) is 61.7 Å². The molecule has 0 saturated carbocycles. The number of amides is 1. The molecule has 26 heavy (non-hydrogen) atoms. The summed E-state index contributed by atoms with van der Waals surface area (Å²) >= 11 is 0. The standard InChI is InChI=1S/C20H23N3O3/c24-19(22-11-9-15-5-7-16(8-6-15)20(25)26)18(23-12-1-2-13-23)17-4-3-10-21-14-17/h3-8,10,14,18H,1-2,9,11-13H2,(H,22,24)(H,25,26). The molecule has 0 bridgehead atoms. The smallest absolute Gasteiger partial charge is 0.335 e. The van der Waals surface area contributed by atoms with Crippen molar-refractivity contribution in [2.24, 2.45) is 0 Å². The maximum Gasteiger partial charge on any atom is 0.335 e. The van der Waals surface area contributed by atoms with Crippen LogP contribution in [0.15, 0.2) is 48.8 Å². The van der Waals surface area contributed by atoms with Crippen molar-refractivity contribution in [1.29, 1.82) is 0 Å². The number of carbonyl (C=O) groups is 2. The average Bonchev–Trinajstić information content (AvgIpc) is 3.17. The van der Waals surface area contributed by atoms with E-state index >= 15 is 0 Å². The molecule has 1 amide bonds. The number of hydrogen-bond acceptors (Lipinski definition) is 4. The summed E-state index contributed by atoms with van der Waals surface area (Å²) in [5.74, 6) is -0.947. The largest absolute Gasteiger partial charge is 0.478 e. The van der Waals surface area contributed by atoms with E-state index in [0.717, 1.165) is 37.1 Å². The zero-order chi connectivity index (χ0) is 18.4. The van der Waals surface area contributed by atoms with Gasteiger partial charge in [0, 0.05) is 18.9 Å². The molecule has 1 atom stereocenters. The predicted molar refractivity (Wildman–Crippen MR) is 97.9 cm³/mol. The Labute approximate surface area is 152 Å². The molecule has 0 aliphatic carbocycles. The number of hydrogen-bond donors (Lipinski definition) is 2. The third kappa shape index (κ3) is 4.46. The maximum absolute atomic E-state index is 12.8. The number of benzene rings is 1. The fraction of sp³-hybridized carbons (Fsp3) is 0.350. The highest BCUT2D eigenvalue weighted by Crippen LogP contribution is 2.24. The SMILES string of the molecule is O=C(O)c1ccc(CCNC(=O)C(c2cccnc2)N2CCCC2)cc1. The third-order valence-electron chi connectivity index (χ3n) is 4.67. The number of nitrogens with zero attached hydrogens (tertiary/aromatic N) is 2. The van der Waals surface area contributed by atoms with E-state index in [0.29, 0.717) is 13.0 Å². The molecular formula is C20H23N3O3. The van der Waals surface area contributed by atoms with Gasteiger partial charge in [-0.3, -0.25) is 14.7 Å². The number of carboxylic acid groups (broad SMARTS) is 1. The molecule has 2 N–H and O–H groups in total. The molecular weight excluding hydrogens is 330 g/mol. The van der Waals surface area contributed by atoms with Gasteiger partial charge in [-0.2, -0.15) is 0 Å². The Bertz CT molecular complexity index is 741. The van der Waals surface area contributed by atoms with E-state index in [9.17, 15) is 9.59 Å². The van der Waals surface area contributed by atoms with Crippen molar-refractivity contribution in [1.82, 2.24) is 15.2 Å². The quantitative estimate of drug-likeness (QED) is 0.798. The summed E-state index contributed by atoms with van der Waals surface area (Å²) < 4.78 is 0. The van der Waals surface area contributed by atoms with Gasteiger partial charge in [-0.15, -0.1) is 0 Å². The van der Waals surface area contributed by atoms with Gasteiger partial charge in [0.25, 0.3) is 0 Å². The molecule has 136 valence electrons. The van der Waals surface area contributed by atoms with Crippen LogP contribution in [0.2, 0.25) is 0 Å². The van der Waals surface area contributed by atoms with Crippen LogP contribution in [0.5, 0.6) is 0 Å². The van der Waals surface area contributed by atoms with Crippen molar-refractivity contribution < 1.29 is 14.7 Å². The normalized spacial score (nSPS) is 15.5. The highest BCUT2D eigenvalue weighted by atomic mass is 16.4. The van der Waals surface area contributed by atoms with Crippen LogP contribution in [-0.2, 0) is 11.2 Å². The summed E-state index contributed by atoms with van der Waals surface area (Å²) in [6.07, 6.45) is 6.35. The van der Waals surface area contributed by atoms with Crippen LogP contribution in [-0.4, -0.2) is 46.5 Å². The van der Waals surface area contributed by atoms with Crippen molar-refractivity contribution in [2.75, 3.05) is 19.6 Å². The molecule has 1 saturated heterocycles. The Balaban J connectivity index is 1.60. The molecule has 6 nitrogen and oxygen atoms in total. The summed E-state index contributed by atoms with van der Waals surface area (Å²) in [6.45, 7) is 2.35. The van der Waals surface area contributed by atoms with E-state index in [4.69, 9.17) is 5.11 Å². The van der Waals surface area contributed by atoms with Crippen molar-refractivity contribution >= 4 is 11.9 Å². The molecule has 1 aromatic heterocycles. The Morgan fingerprint density at radius 1 is 1.15 bits per heavy atom. The van der Waals surface area contributed by atoms with Gasteiger partial charge in [-0.1, -0.05) is 18.2 Å². The van der Waals surface area contributed by atoms with Crippen LogP contribution in [0.1, 0.15) is 40.4 Å². The van der Waals surface area contributed by atoms with Crippen LogP contribution in [0, 0.1) is 0 Å². The van der Waals surface area contributed by atoms with Crippen molar-refractivity contribution in [3.8, 4) is 0 Å². The molecule has 6 heteroatoms. The van der Waals surface area contributed by atoms with Gasteiger partial charge < -0.3 is 10.4 Å². The van der Waals surface area contributed by atoms with Crippen molar-refractivity contribution in [3.05, 3.63) is 65.5 Å². The van der Waals surface area contributed by atoms with E-state index in [2.05, 4.69) is 15.2 Å². The van der Waals surface area contributed by atoms with Crippen LogP contribution >= 0.6 is 0 Å². The Kier molecular flexibility index (Phi) is 5.96. The third-order valence-corrected chi connectivity index (χ3v) is 4.67. The minimum absolute atomic E-state index is 0.0120. The number of carbonyl (C=O) groups excluding carboxylic acids is 1. The van der Waals surface area contributed by atoms with E-state index in [1.165, 1.54) is 0 Å². The fourth-order valence-corrected chi connectivity index (χ4v) is 3.31. The molecule has 3 rings (SSSR count). The van der Waals surface area contributed by atoms with Gasteiger partial charge in [0.2, 0.25) is 5.91 Å². The second-order valence-electron chi connectivity index (χ2n) is 6.48. The first kappa shape index (κ1) is 18.1. The van der Waals surface area contributed by atoms with Gasteiger partial charge in [0.1, 0.15) is 6.04 Å². The number of likely N-dealkylation sites (tertiary alicyclic amines) is 1. The molecule has 1 unspecified atom stereocenters. The number of aromatic nitrogens is 1. The van der Waals surface area contributed by atoms with Crippen molar-refractivity contribution in [3.63, 3.8) is 0 Å². The first-order valence-corrected chi connectivity index (χ1v) is 8.89. The molecule has 0 spiro atoms. The molecule has 1 aliphatic heterocycles. The highest BCUT2D eigenvalue weighted by Gasteiger charge is 2.29. The van der Waals surface area contributed by atoms with Crippen LogP contribution < -0.4 is 5.32 Å². The van der Waals surface area contributed by atoms with Gasteiger partial charge in [-0.25, -0.2) is 4.79 Å². The molecule has 1 fully saturated rings. The Hall–Kier alpha value is -2.73. The van der Waals surface area contributed by atoms with Gasteiger partial charge in [0.05, 0.1) is 5.56 Å². The summed E-state index contributed by atoms with van der Waals surface area (Å²) in [4.78, 5) is 30.0. The molecule has 1 aromatic carbocycles. The van der Waals surface area contributed by atoms with Gasteiger partial charge in [0.15, 0.2) is 0 Å². The average molecular weight is 353 g/mol. The van der Waals surface area contributed by atoms with Crippen molar-refractivity contribution in [2.45, 2.75) is 25.3 Å². The topological polar surface area (TPSA) is 82.5 Å². The van der Waals surface area contributed by atoms with E-state index in [1.807, 2.05) is 12.1 Å². The molecule has 2 aromatic rings. The number of nitrogens with one attached hydrogen (secondary N) is 1. The molecule has 2 heterocycles. The van der Waals surface area contributed by atoms with Crippen LogP contribution in [0.25, 0.3) is 0 Å². The minimum atomic E-state index is -0.935. The first-order chi connectivity index (χ1) is 12.6. The lowest BCUT2D eigenvalue weighted by Gasteiger charge is -2.26. The summed E-state index contributed by atoms with van der Waals surface area (Å²) in [7, 11) is 0. The lowest BCUT2D eigenvalue weighted by Crippen LogP contribution is -2.40. The van der Waals surface area contributed by atoms with Gasteiger partial charge >= 0.3 is 5.97 Å². The number of carboxylic acids is 1. The summed E-state index contributed by atoms with van der Waals surface area (Å²) in [5.41, 5.74) is 2.18. The second-order valence-corrected chi connectivity index (χ2v) is 6.48. The monoisotopic (exact) mass is 353 g/mol. The van der Waals surface area contributed by atoms with E-state index < -0.39 is 5.97 Å². The molecule has 1 aliphatic rings. The Morgan fingerprint density at radius 3 is 2.50 bits per heavy atom. The summed E-state index contributed by atoms with van der Waals surface area (Å²) in [5, 5.41) is 12.0. The maximum atomic E-state index is 12.8. The van der Waals surface area contributed by atoms with Crippen LogP contribution in [0.3, 0.4) is 0 Å². The predicted octanol–water partition coefficient (Wildman–Crippen LogP) is 2.28. The number of rotatable bonds is 7. The summed E-state index contributed by atoms with van der Waals surface area (Å²) in [6, 6.07) is 10.2. The minimum Gasteiger partial charge on any atom is -0.478 e. The second kappa shape index (κ2) is 8.58.